The highest BCUT2D eigenvalue weighted by Gasteiger charge is 2.16. The minimum atomic E-state index is 0.386. The summed E-state index contributed by atoms with van der Waals surface area (Å²) in [4.78, 5) is 0. The number of benzene rings is 1. The molecule has 1 fully saturated rings. The van der Waals surface area contributed by atoms with Crippen LogP contribution < -0.4 is 5.32 Å². The Morgan fingerprint density at radius 3 is 2.79 bits per heavy atom. The van der Waals surface area contributed by atoms with E-state index in [0.717, 1.165) is 29.1 Å². The first-order valence-electron chi connectivity index (χ1n) is 6.78. The van der Waals surface area contributed by atoms with E-state index in [1.54, 1.807) is 0 Å². The molecular weight excluding hydrogens is 236 g/mol. The molecule has 0 amide bonds. The van der Waals surface area contributed by atoms with Crippen molar-refractivity contribution in [3.63, 3.8) is 0 Å². The van der Waals surface area contributed by atoms with E-state index < -0.39 is 0 Å². The third-order valence-electron chi connectivity index (χ3n) is 3.82. The number of anilines is 1. The van der Waals surface area contributed by atoms with Crippen molar-refractivity contribution in [2.24, 2.45) is 5.92 Å². The van der Waals surface area contributed by atoms with Crippen molar-refractivity contribution < 1.29 is 0 Å². The molecule has 0 bridgehead atoms. The molecule has 0 spiro atoms. The molecule has 0 unspecified atom stereocenters. The van der Waals surface area contributed by atoms with Crippen LogP contribution in [0.1, 0.15) is 31.4 Å². The zero-order valence-corrected chi connectivity index (χ0v) is 10.8. The maximum Gasteiger partial charge on any atom is 0.186 e. The topological polar surface area (TPSA) is 61.6 Å². The fourth-order valence-electron chi connectivity index (χ4n) is 2.77. The fraction of sp³-hybridized carbons (Fsp3) is 0.400. The quantitative estimate of drug-likeness (QED) is 0.911. The number of rotatable bonds is 3. The highest BCUT2D eigenvalue weighted by molar-refractivity contribution is 5.92. The standard InChI is InChI=1S/C15H16N4/c16-9-14-15(17-10-11-5-1-2-6-11)12-7-3-4-8-13(12)18-19-14/h3-4,7-8,11H,1-2,5-6,10H2,(H,17,18). The second-order valence-corrected chi connectivity index (χ2v) is 5.08. The Bertz CT molecular complexity index is 624. The van der Waals surface area contributed by atoms with Gasteiger partial charge in [-0.05, 0) is 24.8 Å². The average Bonchev–Trinajstić information content (AvgIpc) is 2.97. The van der Waals surface area contributed by atoms with E-state index in [-0.39, 0.29) is 0 Å². The van der Waals surface area contributed by atoms with E-state index in [2.05, 4.69) is 21.6 Å². The Labute approximate surface area is 112 Å². The van der Waals surface area contributed by atoms with Crippen LogP contribution in [0.2, 0.25) is 0 Å². The van der Waals surface area contributed by atoms with Gasteiger partial charge in [0.05, 0.1) is 11.2 Å². The highest BCUT2D eigenvalue weighted by Crippen LogP contribution is 2.28. The summed E-state index contributed by atoms with van der Waals surface area (Å²) in [6.45, 7) is 0.921. The second-order valence-electron chi connectivity index (χ2n) is 5.08. The summed E-state index contributed by atoms with van der Waals surface area (Å²) >= 11 is 0. The van der Waals surface area contributed by atoms with Crippen LogP contribution in [0, 0.1) is 17.2 Å². The van der Waals surface area contributed by atoms with Crippen molar-refractivity contribution in [2.45, 2.75) is 25.7 Å². The van der Waals surface area contributed by atoms with Gasteiger partial charge in [0.25, 0.3) is 0 Å². The monoisotopic (exact) mass is 252 g/mol. The largest absolute Gasteiger partial charge is 0.382 e. The third kappa shape index (κ3) is 2.37. The van der Waals surface area contributed by atoms with Crippen LogP contribution in [0.4, 0.5) is 5.69 Å². The first kappa shape index (κ1) is 11.9. The Hall–Kier alpha value is -2.15. The molecule has 0 saturated heterocycles. The molecule has 3 rings (SSSR count). The van der Waals surface area contributed by atoms with Crippen LogP contribution in [0.15, 0.2) is 24.3 Å². The van der Waals surface area contributed by atoms with Gasteiger partial charge < -0.3 is 5.32 Å². The Morgan fingerprint density at radius 2 is 2.00 bits per heavy atom. The molecule has 1 saturated carbocycles. The smallest absolute Gasteiger partial charge is 0.186 e. The average molecular weight is 252 g/mol. The third-order valence-corrected chi connectivity index (χ3v) is 3.82. The molecule has 1 aliphatic carbocycles. The molecule has 1 N–H and O–H groups in total. The van der Waals surface area contributed by atoms with Crippen LogP contribution in [0.5, 0.6) is 0 Å². The predicted molar refractivity (Wildman–Crippen MR) is 74.7 cm³/mol. The van der Waals surface area contributed by atoms with Gasteiger partial charge in [-0.15, -0.1) is 10.2 Å². The van der Waals surface area contributed by atoms with Gasteiger partial charge in [-0.3, -0.25) is 0 Å². The fourth-order valence-corrected chi connectivity index (χ4v) is 2.77. The molecule has 1 aliphatic rings. The number of nitrogens with one attached hydrogen (secondary N) is 1. The molecule has 1 aromatic heterocycles. The number of nitrogens with zero attached hydrogens (tertiary/aromatic N) is 3. The van der Waals surface area contributed by atoms with E-state index in [0.29, 0.717) is 5.69 Å². The van der Waals surface area contributed by atoms with Crippen LogP contribution in [-0.4, -0.2) is 16.7 Å². The molecular formula is C15H16N4. The molecule has 0 radical (unpaired) electrons. The van der Waals surface area contributed by atoms with Gasteiger partial charge in [0, 0.05) is 11.9 Å². The van der Waals surface area contributed by atoms with Gasteiger partial charge in [-0.1, -0.05) is 31.0 Å². The lowest BCUT2D eigenvalue weighted by atomic mass is 10.1. The molecule has 4 nitrogen and oxygen atoms in total. The Kier molecular flexibility index (Phi) is 3.28. The van der Waals surface area contributed by atoms with Crippen molar-refractivity contribution in [1.29, 1.82) is 5.26 Å². The summed E-state index contributed by atoms with van der Waals surface area (Å²) in [6.07, 6.45) is 5.22. The summed E-state index contributed by atoms with van der Waals surface area (Å²) in [5.41, 5.74) is 2.05. The number of nitriles is 1. The lowest BCUT2D eigenvalue weighted by molar-refractivity contribution is 0.580. The first-order chi connectivity index (χ1) is 9.38. The second kappa shape index (κ2) is 5.23. The molecule has 96 valence electrons. The number of fused-ring (bicyclic) bond motifs is 1. The normalized spacial score (nSPS) is 15.5. The summed E-state index contributed by atoms with van der Waals surface area (Å²) in [6, 6.07) is 9.93. The van der Waals surface area contributed by atoms with Crippen molar-refractivity contribution in [3.05, 3.63) is 30.0 Å². The lowest BCUT2D eigenvalue weighted by Gasteiger charge is -2.14. The van der Waals surface area contributed by atoms with Gasteiger partial charge in [0.2, 0.25) is 0 Å². The SMILES string of the molecule is N#Cc1nnc2ccccc2c1NCC1CCCC1. The first-order valence-corrected chi connectivity index (χ1v) is 6.78. The van der Waals surface area contributed by atoms with Gasteiger partial charge in [0.15, 0.2) is 5.69 Å². The molecule has 1 aromatic carbocycles. The molecule has 19 heavy (non-hydrogen) atoms. The van der Waals surface area contributed by atoms with E-state index in [1.165, 1.54) is 25.7 Å². The van der Waals surface area contributed by atoms with Crippen LogP contribution in [0.25, 0.3) is 10.9 Å². The van der Waals surface area contributed by atoms with Crippen molar-refractivity contribution >= 4 is 16.6 Å². The molecule has 4 heteroatoms. The van der Waals surface area contributed by atoms with Gasteiger partial charge >= 0.3 is 0 Å². The number of hydrogen-bond acceptors (Lipinski definition) is 4. The number of hydrogen-bond donors (Lipinski definition) is 1. The highest BCUT2D eigenvalue weighted by atomic mass is 15.1. The summed E-state index contributed by atoms with van der Waals surface area (Å²) < 4.78 is 0. The molecule has 1 heterocycles. The summed E-state index contributed by atoms with van der Waals surface area (Å²) in [5, 5.41) is 21.7. The lowest BCUT2D eigenvalue weighted by Crippen LogP contribution is -2.13. The van der Waals surface area contributed by atoms with Crippen LogP contribution >= 0.6 is 0 Å². The van der Waals surface area contributed by atoms with Crippen LogP contribution in [-0.2, 0) is 0 Å². The molecule has 0 aliphatic heterocycles. The Morgan fingerprint density at radius 1 is 1.21 bits per heavy atom. The predicted octanol–water partition coefficient (Wildman–Crippen LogP) is 3.10. The van der Waals surface area contributed by atoms with Gasteiger partial charge in [0.1, 0.15) is 6.07 Å². The van der Waals surface area contributed by atoms with E-state index >= 15 is 0 Å². The minimum Gasteiger partial charge on any atom is -0.382 e. The van der Waals surface area contributed by atoms with E-state index in [1.807, 2.05) is 24.3 Å². The van der Waals surface area contributed by atoms with Crippen LogP contribution in [0.3, 0.4) is 0 Å². The van der Waals surface area contributed by atoms with Gasteiger partial charge in [-0.2, -0.15) is 5.26 Å². The van der Waals surface area contributed by atoms with E-state index in [4.69, 9.17) is 0 Å². The van der Waals surface area contributed by atoms with Crippen molar-refractivity contribution in [1.82, 2.24) is 10.2 Å². The van der Waals surface area contributed by atoms with E-state index in [9.17, 15) is 5.26 Å². The summed E-state index contributed by atoms with van der Waals surface area (Å²) in [7, 11) is 0. The zero-order chi connectivity index (χ0) is 13.1. The maximum absolute atomic E-state index is 9.18. The zero-order valence-electron chi connectivity index (χ0n) is 10.8. The summed E-state index contributed by atoms with van der Waals surface area (Å²) in [5.74, 6) is 0.721. The molecule has 0 atom stereocenters. The van der Waals surface area contributed by atoms with Gasteiger partial charge in [-0.25, -0.2) is 0 Å². The van der Waals surface area contributed by atoms with Crippen molar-refractivity contribution in [2.75, 3.05) is 11.9 Å². The van der Waals surface area contributed by atoms with Crippen molar-refractivity contribution in [3.8, 4) is 6.07 Å². The maximum atomic E-state index is 9.18. The molecule has 2 aromatic rings. The number of aromatic nitrogens is 2. The Balaban J connectivity index is 1.93. The minimum absolute atomic E-state index is 0.386.